The minimum Gasteiger partial charge on any atom is -0.394 e. The maximum atomic E-state index is 9.24. The Morgan fingerprint density at radius 2 is 1.76 bits per heavy atom. The van der Waals surface area contributed by atoms with Crippen molar-refractivity contribution >= 4 is 0 Å². The van der Waals surface area contributed by atoms with Crippen LogP contribution in [0.2, 0.25) is 0 Å². The van der Waals surface area contributed by atoms with Crippen LogP contribution >= 0.6 is 0 Å². The monoisotopic (exact) mass is 233 g/mol. The second-order valence-corrected chi connectivity index (χ2v) is 5.11. The summed E-state index contributed by atoms with van der Waals surface area (Å²) in [7, 11) is 0. The molecule has 1 aromatic rings. The molecule has 1 unspecified atom stereocenters. The van der Waals surface area contributed by atoms with Crippen LogP contribution in [-0.4, -0.2) is 11.7 Å². The molecule has 1 aliphatic carbocycles. The van der Waals surface area contributed by atoms with E-state index in [1.807, 2.05) is 6.07 Å². The third-order valence-corrected chi connectivity index (χ3v) is 3.89. The number of nitrogens with two attached hydrogens (primary N) is 1. The standard InChI is InChI=1S/C15H23NO/c16-15(11-17)14-10-6-5-9-13(14)12-7-3-1-2-4-8-12/h5-6,9-10,12,15,17H,1-4,7-8,11,16H2. The van der Waals surface area contributed by atoms with Crippen molar-refractivity contribution in [3.8, 4) is 0 Å². The van der Waals surface area contributed by atoms with Gasteiger partial charge in [0.25, 0.3) is 0 Å². The van der Waals surface area contributed by atoms with Gasteiger partial charge in [-0.15, -0.1) is 0 Å². The van der Waals surface area contributed by atoms with Crippen molar-refractivity contribution in [2.24, 2.45) is 5.73 Å². The van der Waals surface area contributed by atoms with Gasteiger partial charge in [0.05, 0.1) is 12.6 Å². The van der Waals surface area contributed by atoms with Gasteiger partial charge in [0.1, 0.15) is 0 Å². The molecule has 0 aromatic heterocycles. The molecule has 1 aliphatic rings. The van der Waals surface area contributed by atoms with Gasteiger partial charge >= 0.3 is 0 Å². The predicted octanol–water partition coefficient (Wildman–Crippen LogP) is 3.12. The molecule has 0 radical (unpaired) electrons. The summed E-state index contributed by atoms with van der Waals surface area (Å²) >= 11 is 0. The average Bonchev–Trinajstić information content (AvgIpc) is 2.66. The topological polar surface area (TPSA) is 46.2 Å². The fraction of sp³-hybridized carbons (Fsp3) is 0.600. The first-order chi connectivity index (χ1) is 8.33. The van der Waals surface area contributed by atoms with Crippen molar-refractivity contribution in [2.75, 3.05) is 6.61 Å². The Labute approximate surface area is 104 Å². The van der Waals surface area contributed by atoms with E-state index in [0.29, 0.717) is 5.92 Å². The first-order valence-electron chi connectivity index (χ1n) is 6.78. The predicted molar refractivity (Wildman–Crippen MR) is 70.9 cm³/mol. The summed E-state index contributed by atoms with van der Waals surface area (Å²) < 4.78 is 0. The van der Waals surface area contributed by atoms with E-state index < -0.39 is 0 Å². The van der Waals surface area contributed by atoms with E-state index in [2.05, 4.69) is 18.2 Å². The number of benzene rings is 1. The van der Waals surface area contributed by atoms with Crippen LogP contribution in [0.5, 0.6) is 0 Å². The zero-order valence-corrected chi connectivity index (χ0v) is 10.4. The summed E-state index contributed by atoms with van der Waals surface area (Å²) in [6, 6.07) is 8.15. The molecule has 0 bridgehead atoms. The lowest BCUT2D eigenvalue weighted by atomic mass is 9.86. The Hall–Kier alpha value is -0.860. The number of hydrogen-bond acceptors (Lipinski definition) is 2. The third-order valence-electron chi connectivity index (χ3n) is 3.89. The molecule has 17 heavy (non-hydrogen) atoms. The van der Waals surface area contributed by atoms with Crippen molar-refractivity contribution in [1.82, 2.24) is 0 Å². The fourth-order valence-electron chi connectivity index (χ4n) is 2.91. The zero-order chi connectivity index (χ0) is 12.1. The van der Waals surface area contributed by atoms with Crippen molar-refractivity contribution in [1.29, 1.82) is 0 Å². The Bertz CT molecular complexity index is 343. The van der Waals surface area contributed by atoms with Crippen molar-refractivity contribution in [2.45, 2.75) is 50.5 Å². The van der Waals surface area contributed by atoms with Gasteiger partial charge in [0, 0.05) is 0 Å². The van der Waals surface area contributed by atoms with E-state index >= 15 is 0 Å². The molecule has 0 heterocycles. The number of rotatable bonds is 3. The second-order valence-electron chi connectivity index (χ2n) is 5.11. The average molecular weight is 233 g/mol. The number of hydrogen-bond donors (Lipinski definition) is 2. The minimum atomic E-state index is -0.227. The van der Waals surface area contributed by atoms with E-state index in [1.165, 1.54) is 44.1 Å². The molecule has 1 atom stereocenters. The summed E-state index contributed by atoms with van der Waals surface area (Å²) in [4.78, 5) is 0. The van der Waals surface area contributed by atoms with Gasteiger partial charge < -0.3 is 10.8 Å². The lowest BCUT2D eigenvalue weighted by Crippen LogP contribution is -2.17. The van der Waals surface area contributed by atoms with E-state index in [4.69, 9.17) is 5.73 Å². The summed E-state index contributed by atoms with van der Waals surface area (Å²) in [6.45, 7) is 0.0315. The maximum absolute atomic E-state index is 9.24. The minimum absolute atomic E-state index is 0.0315. The van der Waals surface area contributed by atoms with Gasteiger partial charge in [-0.25, -0.2) is 0 Å². The van der Waals surface area contributed by atoms with Gasteiger partial charge in [-0.2, -0.15) is 0 Å². The molecule has 1 fully saturated rings. The molecule has 0 aliphatic heterocycles. The lowest BCUT2D eigenvalue weighted by Gasteiger charge is -2.21. The molecule has 2 heteroatoms. The Kier molecular flexibility index (Phi) is 4.57. The smallest absolute Gasteiger partial charge is 0.0624 e. The van der Waals surface area contributed by atoms with Crippen molar-refractivity contribution in [3.63, 3.8) is 0 Å². The summed E-state index contributed by atoms with van der Waals surface area (Å²) in [5.74, 6) is 0.645. The van der Waals surface area contributed by atoms with Crippen LogP contribution in [0.4, 0.5) is 0 Å². The van der Waals surface area contributed by atoms with Crippen molar-refractivity contribution in [3.05, 3.63) is 35.4 Å². The highest BCUT2D eigenvalue weighted by Gasteiger charge is 2.19. The van der Waals surface area contributed by atoms with Gasteiger partial charge in [-0.3, -0.25) is 0 Å². The van der Waals surface area contributed by atoms with Crippen LogP contribution in [0.3, 0.4) is 0 Å². The highest BCUT2D eigenvalue weighted by Crippen LogP contribution is 2.34. The maximum Gasteiger partial charge on any atom is 0.0624 e. The third kappa shape index (κ3) is 3.08. The Balaban J connectivity index is 2.23. The fourth-order valence-corrected chi connectivity index (χ4v) is 2.91. The number of aliphatic hydroxyl groups excluding tert-OH is 1. The molecule has 94 valence electrons. The second kappa shape index (κ2) is 6.18. The quantitative estimate of drug-likeness (QED) is 0.788. The van der Waals surface area contributed by atoms with Crippen LogP contribution in [0.15, 0.2) is 24.3 Å². The molecular formula is C15H23NO. The van der Waals surface area contributed by atoms with E-state index in [9.17, 15) is 5.11 Å². The molecule has 0 spiro atoms. The Morgan fingerprint density at radius 3 is 2.41 bits per heavy atom. The van der Waals surface area contributed by atoms with Gasteiger partial charge in [-0.05, 0) is 29.9 Å². The molecular weight excluding hydrogens is 210 g/mol. The van der Waals surface area contributed by atoms with Gasteiger partial charge in [-0.1, -0.05) is 49.9 Å². The SMILES string of the molecule is NC(CO)c1ccccc1C1CCCCCC1. The molecule has 2 rings (SSSR count). The summed E-state index contributed by atoms with van der Waals surface area (Å²) in [6.07, 6.45) is 7.93. The summed E-state index contributed by atoms with van der Waals surface area (Å²) in [5.41, 5.74) is 8.50. The van der Waals surface area contributed by atoms with E-state index in [-0.39, 0.29) is 12.6 Å². The van der Waals surface area contributed by atoms with Crippen LogP contribution in [0, 0.1) is 0 Å². The number of aliphatic hydroxyl groups is 1. The largest absolute Gasteiger partial charge is 0.394 e. The summed E-state index contributed by atoms with van der Waals surface area (Å²) in [5, 5.41) is 9.24. The van der Waals surface area contributed by atoms with Gasteiger partial charge in [0.2, 0.25) is 0 Å². The highest BCUT2D eigenvalue weighted by atomic mass is 16.3. The first-order valence-corrected chi connectivity index (χ1v) is 6.78. The molecule has 2 nitrogen and oxygen atoms in total. The van der Waals surface area contributed by atoms with Crippen LogP contribution in [0.25, 0.3) is 0 Å². The van der Waals surface area contributed by atoms with E-state index in [0.717, 1.165) is 5.56 Å². The molecule has 0 saturated heterocycles. The molecule has 3 N–H and O–H groups in total. The Morgan fingerprint density at radius 1 is 1.12 bits per heavy atom. The molecule has 1 aromatic carbocycles. The van der Waals surface area contributed by atoms with Crippen LogP contribution < -0.4 is 5.73 Å². The van der Waals surface area contributed by atoms with E-state index in [1.54, 1.807) is 0 Å². The highest BCUT2D eigenvalue weighted by molar-refractivity contribution is 5.33. The van der Waals surface area contributed by atoms with Crippen LogP contribution in [-0.2, 0) is 0 Å². The lowest BCUT2D eigenvalue weighted by molar-refractivity contribution is 0.267. The normalized spacial score (nSPS) is 19.9. The first kappa shape index (κ1) is 12.6. The molecule has 0 amide bonds. The van der Waals surface area contributed by atoms with Crippen LogP contribution in [0.1, 0.15) is 61.6 Å². The zero-order valence-electron chi connectivity index (χ0n) is 10.4. The molecule has 1 saturated carbocycles. The van der Waals surface area contributed by atoms with Crippen molar-refractivity contribution < 1.29 is 5.11 Å². The van der Waals surface area contributed by atoms with Gasteiger partial charge in [0.15, 0.2) is 0 Å².